The highest BCUT2D eigenvalue weighted by Gasteiger charge is 2.29. The summed E-state index contributed by atoms with van der Waals surface area (Å²) in [5.74, 6) is 0.178. The number of hydrogen-bond donors (Lipinski definition) is 2. The van der Waals surface area contributed by atoms with Crippen LogP contribution in [0.15, 0.2) is 60.9 Å². The van der Waals surface area contributed by atoms with Gasteiger partial charge >= 0.3 is 6.18 Å². The number of alkyl halides is 3. The zero-order valence-electron chi connectivity index (χ0n) is 13.2. The Labute approximate surface area is 146 Å². The number of aromatic nitrogens is 3. The van der Waals surface area contributed by atoms with Crippen LogP contribution in [0.5, 0.6) is 0 Å². The van der Waals surface area contributed by atoms with E-state index in [2.05, 4.69) is 25.8 Å². The van der Waals surface area contributed by atoms with E-state index in [1.165, 1.54) is 24.4 Å². The lowest BCUT2D eigenvalue weighted by Crippen LogP contribution is -2.13. The monoisotopic (exact) mass is 359 g/mol. The topological polar surface area (TPSA) is 79.8 Å². The Balaban J connectivity index is 1.63. The van der Waals surface area contributed by atoms with Gasteiger partial charge in [-0.2, -0.15) is 13.2 Å². The average Bonchev–Trinajstić information content (AvgIpc) is 2.64. The van der Waals surface area contributed by atoms with E-state index < -0.39 is 11.7 Å². The minimum Gasteiger partial charge on any atom is -0.339 e. The van der Waals surface area contributed by atoms with Gasteiger partial charge < -0.3 is 10.6 Å². The molecular weight excluding hydrogens is 347 g/mol. The second-order valence-corrected chi connectivity index (χ2v) is 5.20. The number of carbonyl (C=O) groups excluding carboxylic acids is 1. The number of halogens is 3. The molecule has 2 heterocycles. The second kappa shape index (κ2) is 7.18. The van der Waals surface area contributed by atoms with Crippen LogP contribution in [0.2, 0.25) is 0 Å². The molecule has 0 saturated heterocycles. The molecule has 0 aliphatic carbocycles. The van der Waals surface area contributed by atoms with Crippen LogP contribution in [0.25, 0.3) is 0 Å². The number of pyridine rings is 1. The van der Waals surface area contributed by atoms with Gasteiger partial charge in [0.05, 0.1) is 11.1 Å². The summed E-state index contributed by atoms with van der Waals surface area (Å²) in [6.45, 7) is 0. The van der Waals surface area contributed by atoms with E-state index in [4.69, 9.17) is 0 Å². The van der Waals surface area contributed by atoms with Crippen LogP contribution < -0.4 is 10.6 Å². The minimum atomic E-state index is -4.38. The van der Waals surface area contributed by atoms with E-state index in [1.54, 1.807) is 24.4 Å². The fourth-order valence-electron chi connectivity index (χ4n) is 2.04. The fourth-order valence-corrected chi connectivity index (χ4v) is 2.04. The molecular formula is C17H12F3N5O. The van der Waals surface area contributed by atoms with Gasteiger partial charge in [-0.15, -0.1) is 10.2 Å². The van der Waals surface area contributed by atoms with Gasteiger partial charge in [-0.25, -0.2) is 0 Å². The van der Waals surface area contributed by atoms with Gasteiger partial charge in [0, 0.05) is 18.1 Å². The molecule has 1 amide bonds. The lowest BCUT2D eigenvalue weighted by atomic mass is 10.2. The van der Waals surface area contributed by atoms with Crippen molar-refractivity contribution in [3.8, 4) is 0 Å². The molecule has 0 fully saturated rings. The SMILES string of the molecule is O=C(Nc1ccc(Nc2ccc(C(F)(F)F)cc2)nn1)c1cccnc1. The number of rotatable bonds is 4. The predicted molar refractivity (Wildman–Crippen MR) is 88.9 cm³/mol. The molecule has 0 atom stereocenters. The van der Waals surface area contributed by atoms with Gasteiger partial charge in [0.25, 0.3) is 5.91 Å². The van der Waals surface area contributed by atoms with Crippen molar-refractivity contribution < 1.29 is 18.0 Å². The Morgan fingerprint density at radius 3 is 2.19 bits per heavy atom. The summed E-state index contributed by atoms with van der Waals surface area (Å²) in [5.41, 5.74) is 0.0725. The van der Waals surface area contributed by atoms with Gasteiger partial charge in [-0.3, -0.25) is 9.78 Å². The number of anilines is 3. The normalized spacial score (nSPS) is 11.0. The smallest absolute Gasteiger partial charge is 0.339 e. The molecule has 132 valence electrons. The molecule has 3 aromatic rings. The average molecular weight is 359 g/mol. The molecule has 1 aromatic carbocycles. The third-order valence-corrected chi connectivity index (χ3v) is 3.31. The quantitative estimate of drug-likeness (QED) is 0.739. The highest BCUT2D eigenvalue weighted by atomic mass is 19.4. The summed E-state index contributed by atoms with van der Waals surface area (Å²) in [6.07, 6.45) is -1.41. The number of nitrogens with one attached hydrogen (secondary N) is 2. The summed E-state index contributed by atoms with van der Waals surface area (Å²) in [7, 11) is 0. The Kier molecular flexibility index (Phi) is 4.78. The summed E-state index contributed by atoms with van der Waals surface area (Å²) in [6, 6.07) is 10.8. The van der Waals surface area contributed by atoms with Crippen molar-refractivity contribution in [3.05, 3.63) is 72.1 Å². The van der Waals surface area contributed by atoms with Gasteiger partial charge in [0.2, 0.25) is 0 Å². The maximum absolute atomic E-state index is 12.5. The number of hydrogen-bond acceptors (Lipinski definition) is 5. The van der Waals surface area contributed by atoms with E-state index in [0.717, 1.165) is 12.1 Å². The molecule has 2 N–H and O–H groups in total. The first-order valence-corrected chi connectivity index (χ1v) is 7.41. The van der Waals surface area contributed by atoms with Gasteiger partial charge in [-0.1, -0.05) is 0 Å². The summed E-state index contributed by atoms with van der Waals surface area (Å²) in [4.78, 5) is 15.8. The maximum Gasteiger partial charge on any atom is 0.416 e. The van der Waals surface area contributed by atoms with Crippen molar-refractivity contribution in [3.63, 3.8) is 0 Å². The molecule has 2 aromatic heterocycles. The summed E-state index contributed by atoms with van der Waals surface area (Å²) < 4.78 is 37.6. The zero-order chi connectivity index (χ0) is 18.6. The van der Waals surface area contributed by atoms with E-state index in [-0.39, 0.29) is 11.7 Å². The van der Waals surface area contributed by atoms with Gasteiger partial charge in [-0.05, 0) is 48.5 Å². The third-order valence-electron chi connectivity index (χ3n) is 3.31. The Morgan fingerprint density at radius 2 is 1.62 bits per heavy atom. The number of carbonyl (C=O) groups is 1. The second-order valence-electron chi connectivity index (χ2n) is 5.20. The molecule has 0 radical (unpaired) electrons. The molecule has 0 saturated carbocycles. The molecule has 0 unspecified atom stereocenters. The molecule has 0 aliphatic rings. The molecule has 6 nitrogen and oxygen atoms in total. The van der Waals surface area contributed by atoms with Crippen LogP contribution in [0.3, 0.4) is 0 Å². The first-order valence-electron chi connectivity index (χ1n) is 7.41. The third kappa shape index (κ3) is 4.32. The maximum atomic E-state index is 12.5. The van der Waals surface area contributed by atoms with Crippen molar-refractivity contribution in [2.75, 3.05) is 10.6 Å². The first kappa shape index (κ1) is 17.3. The molecule has 3 rings (SSSR count). The summed E-state index contributed by atoms with van der Waals surface area (Å²) in [5, 5.41) is 13.1. The van der Waals surface area contributed by atoms with Crippen LogP contribution in [0.1, 0.15) is 15.9 Å². The number of nitrogens with zero attached hydrogens (tertiary/aromatic N) is 3. The van der Waals surface area contributed by atoms with Crippen molar-refractivity contribution in [2.45, 2.75) is 6.18 Å². The van der Waals surface area contributed by atoms with E-state index in [9.17, 15) is 18.0 Å². The first-order chi connectivity index (χ1) is 12.4. The Bertz CT molecular complexity index is 881. The number of benzene rings is 1. The fraction of sp³-hybridized carbons (Fsp3) is 0.0588. The lowest BCUT2D eigenvalue weighted by Gasteiger charge is -2.09. The van der Waals surface area contributed by atoms with Crippen LogP contribution in [0.4, 0.5) is 30.5 Å². The van der Waals surface area contributed by atoms with Crippen molar-refractivity contribution >= 4 is 23.2 Å². The van der Waals surface area contributed by atoms with Gasteiger partial charge in [0.1, 0.15) is 0 Å². The molecule has 9 heteroatoms. The Morgan fingerprint density at radius 1 is 0.923 bits per heavy atom. The minimum absolute atomic E-state index is 0.233. The van der Waals surface area contributed by atoms with Crippen LogP contribution >= 0.6 is 0 Å². The molecule has 26 heavy (non-hydrogen) atoms. The van der Waals surface area contributed by atoms with Crippen molar-refractivity contribution in [1.29, 1.82) is 0 Å². The molecule has 0 bridgehead atoms. The predicted octanol–water partition coefficient (Wildman–Crippen LogP) is 3.89. The van der Waals surface area contributed by atoms with E-state index >= 15 is 0 Å². The zero-order valence-corrected chi connectivity index (χ0v) is 13.2. The van der Waals surface area contributed by atoms with Gasteiger partial charge in [0.15, 0.2) is 11.6 Å². The highest BCUT2D eigenvalue weighted by molar-refractivity contribution is 6.03. The molecule has 0 spiro atoms. The van der Waals surface area contributed by atoms with E-state index in [0.29, 0.717) is 17.1 Å². The van der Waals surface area contributed by atoms with Crippen molar-refractivity contribution in [1.82, 2.24) is 15.2 Å². The van der Waals surface area contributed by atoms with E-state index in [1.807, 2.05) is 0 Å². The van der Waals surface area contributed by atoms with Crippen LogP contribution in [-0.4, -0.2) is 21.1 Å². The lowest BCUT2D eigenvalue weighted by molar-refractivity contribution is -0.137. The highest BCUT2D eigenvalue weighted by Crippen LogP contribution is 2.30. The largest absolute Gasteiger partial charge is 0.416 e. The Hall–Kier alpha value is -3.49. The van der Waals surface area contributed by atoms with Crippen LogP contribution in [0, 0.1) is 0 Å². The van der Waals surface area contributed by atoms with Crippen LogP contribution in [-0.2, 0) is 6.18 Å². The standard InChI is InChI=1S/C17H12F3N5O/c18-17(19,20)12-3-5-13(6-4-12)22-14-7-8-15(25-24-14)23-16(26)11-2-1-9-21-10-11/h1-10H,(H,22,24)(H,23,25,26). The number of amides is 1. The summed E-state index contributed by atoms with van der Waals surface area (Å²) >= 11 is 0. The molecule has 0 aliphatic heterocycles. The van der Waals surface area contributed by atoms with Crippen molar-refractivity contribution in [2.24, 2.45) is 0 Å².